The van der Waals surface area contributed by atoms with Crippen molar-refractivity contribution in [2.24, 2.45) is 16.5 Å². The van der Waals surface area contributed by atoms with Crippen molar-refractivity contribution in [2.45, 2.75) is 57.4 Å². The van der Waals surface area contributed by atoms with E-state index in [1.807, 2.05) is 32.0 Å². The Balaban J connectivity index is 1.84. The van der Waals surface area contributed by atoms with Crippen LogP contribution in [0.15, 0.2) is 29.3 Å². The first kappa shape index (κ1) is 19.2. The molecule has 3 rings (SSSR count). The maximum atomic E-state index is 13.2. The summed E-state index contributed by atoms with van der Waals surface area (Å²) in [6, 6.07) is 6.84. The zero-order valence-electron chi connectivity index (χ0n) is 15.8. The second-order valence-corrected chi connectivity index (χ2v) is 7.62. The Hall–Kier alpha value is -2.61. The van der Waals surface area contributed by atoms with Gasteiger partial charge < -0.3 is 21.5 Å². The largest absolute Gasteiger partial charge is 0.480 e. The molecule has 2 atom stereocenters. The molecule has 2 aliphatic heterocycles. The number of carboxylic acids is 1. The molecule has 1 saturated heterocycles. The molecule has 2 aliphatic rings. The molecule has 27 heavy (non-hydrogen) atoms. The Kier molecular flexibility index (Phi) is 5.10. The van der Waals surface area contributed by atoms with Gasteiger partial charge in [-0.2, -0.15) is 0 Å². The third kappa shape index (κ3) is 3.49. The quantitative estimate of drug-likeness (QED) is 0.379. The highest BCUT2D eigenvalue weighted by molar-refractivity contribution is 5.90. The molecule has 0 bridgehead atoms. The van der Waals surface area contributed by atoms with Crippen molar-refractivity contribution in [3.05, 3.63) is 35.4 Å². The number of guanidine groups is 1. The highest BCUT2D eigenvalue weighted by Gasteiger charge is 2.55. The molecule has 0 spiro atoms. The fourth-order valence-electron chi connectivity index (χ4n) is 4.28. The number of carbonyl (C=O) groups is 2. The molecule has 8 nitrogen and oxygen atoms in total. The van der Waals surface area contributed by atoms with Crippen LogP contribution in [0.25, 0.3) is 0 Å². The summed E-state index contributed by atoms with van der Waals surface area (Å²) in [7, 11) is 0. The second-order valence-electron chi connectivity index (χ2n) is 7.62. The number of fused-ring (bicyclic) bond motifs is 2. The summed E-state index contributed by atoms with van der Waals surface area (Å²) in [6.45, 7) is 4.82. The maximum absolute atomic E-state index is 13.2. The van der Waals surface area contributed by atoms with Gasteiger partial charge in [-0.15, -0.1) is 0 Å². The van der Waals surface area contributed by atoms with E-state index in [9.17, 15) is 14.7 Å². The normalized spacial score (nSPS) is 22.1. The van der Waals surface area contributed by atoms with Crippen molar-refractivity contribution in [1.29, 1.82) is 0 Å². The lowest BCUT2D eigenvalue weighted by atomic mass is 9.94. The Morgan fingerprint density at radius 1 is 1.33 bits per heavy atom. The molecule has 1 aromatic carbocycles. The minimum Gasteiger partial charge on any atom is -0.480 e. The van der Waals surface area contributed by atoms with Crippen LogP contribution in [0, 0.1) is 0 Å². The van der Waals surface area contributed by atoms with E-state index in [0.717, 1.165) is 5.56 Å². The number of hydrogen-bond donors (Lipinski definition) is 3. The van der Waals surface area contributed by atoms with Crippen LogP contribution in [0.4, 0.5) is 0 Å². The molecule has 8 heteroatoms. The van der Waals surface area contributed by atoms with Gasteiger partial charge in [0.1, 0.15) is 6.04 Å². The van der Waals surface area contributed by atoms with E-state index in [0.29, 0.717) is 32.4 Å². The average molecular weight is 373 g/mol. The number of aliphatic imine (C=N–C) groups is 1. The fourth-order valence-corrected chi connectivity index (χ4v) is 4.28. The van der Waals surface area contributed by atoms with E-state index >= 15 is 0 Å². The molecule has 0 unspecified atom stereocenters. The molecule has 1 aromatic rings. The topological polar surface area (TPSA) is 125 Å². The average Bonchev–Trinajstić information content (AvgIpc) is 2.79. The van der Waals surface area contributed by atoms with E-state index < -0.39 is 17.7 Å². The Bertz CT molecular complexity index is 772. The highest BCUT2D eigenvalue weighted by atomic mass is 16.4. The summed E-state index contributed by atoms with van der Waals surface area (Å²) in [5, 5.41) is 9.80. The Morgan fingerprint density at radius 3 is 2.63 bits per heavy atom. The Labute approximate surface area is 158 Å². The van der Waals surface area contributed by atoms with Crippen LogP contribution in [-0.4, -0.2) is 57.0 Å². The van der Waals surface area contributed by atoms with Gasteiger partial charge in [-0.25, -0.2) is 4.79 Å². The predicted octanol–water partition coefficient (Wildman–Crippen LogP) is 0.498. The summed E-state index contributed by atoms with van der Waals surface area (Å²) in [4.78, 5) is 32.7. The zero-order valence-corrected chi connectivity index (χ0v) is 15.8. The number of rotatable bonds is 6. The molecule has 2 heterocycles. The maximum Gasteiger partial charge on any atom is 0.326 e. The fraction of sp³-hybridized carbons (Fsp3) is 0.526. The first-order chi connectivity index (χ1) is 12.7. The van der Waals surface area contributed by atoms with Gasteiger partial charge in [-0.05, 0) is 44.2 Å². The number of aliphatic carboxylic acids is 1. The summed E-state index contributed by atoms with van der Waals surface area (Å²) < 4.78 is 0. The van der Waals surface area contributed by atoms with Gasteiger partial charge >= 0.3 is 5.97 Å². The van der Waals surface area contributed by atoms with Gasteiger partial charge in [0.15, 0.2) is 5.96 Å². The molecule has 1 amide bonds. The van der Waals surface area contributed by atoms with Gasteiger partial charge in [0.05, 0.1) is 11.7 Å². The third-order valence-corrected chi connectivity index (χ3v) is 5.59. The van der Waals surface area contributed by atoms with Crippen LogP contribution in [-0.2, 0) is 22.6 Å². The zero-order chi connectivity index (χ0) is 19.8. The monoisotopic (exact) mass is 373 g/mol. The van der Waals surface area contributed by atoms with Crippen molar-refractivity contribution in [2.75, 3.05) is 6.54 Å². The van der Waals surface area contributed by atoms with Crippen LogP contribution in [0.2, 0.25) is 0 Å². The number of carbonyl (C=O) groups excluding carboxylic acids is 1. The summed E-state index contributed by atoms with van der Waals surface area (Å²) in [5.41, 5.74) is 12.3. The molecular weight excluding hydrogens is 346 g/mol. The number of amides is 1. The van der Waals surface area contributed by atoms with Gasteiger partial charge in [0, 0.05) is 13.1 Å². The molecule has 1 fully saturated rings. The first-order valence-electron chi connectivity index (χ1n) is 9.18. The molecule has 146 valence electrons. The highest BCUT2D eigenvalue weighted by Crippen LogP contribution is 2.40. The molecule has 0 aliphatic carbocycles. The minimum absolute atomic E-state index is 0.0191. The van der Waals surface area contributed by atoms with E-state index in [4.69, 9.17) is 11.5 Å². The van der Waals surface area contributed by atoms with Crippen molar-refractivity contribution in [3.63, 3.8) is 0 Å². The third-order valence-electron chi connectivity index (χ3n) is 5.59. The van der Waals surface area contributed by atoms with Crippen LogP contribution in [0.5, 0.6) is 0 Å². The van der Waals surface area contributed by atoms with Gasteiger partial charge in [-0.3, -0.25) is 14.7 Å². The lowest BCUT2D eigenvalue weighted by molar-refractivity contribution is -0.153. The predicted molar refractivity (Wildman–Crippen MR) is 102 cm³/mol. The summed E-state index contributed by atoms with van der Waals surface area (Å²) in [5.74, 6) is -1.14. The van der Waals surface area contributed by atoms with Crippen molar-refractivity contribution < 1.29 is 14.7 Å². The smallest absolute Gasteiger partial charge is 0.326 e. The Morgan fingerprint density at radius 2 is 2.00 bits per heavy atom. The van der Waals surface area contributed by atoms with E-state index in [1.165, 1.54) is 5.56 Å². The van der Waals surface area contributed by atoms with E-state index in [-0.39, 0.29) is 17.9 Å². The van der Waals surface area contributed by atoms with Crippen LogP contribution in [0.1, 0.15) is 37.8 Å². The molecular formula is C19H27N5O3. The van der Waals surface area contributed by atoms with Crippen LogP contribution < -0.4 is 11.5 Å². The van der Waals surface area contributed by atoms with Crippen molar-refractivity contribution >= 4 is 17.8 Å². The number of hydrogen-bond acceptors (Lipinski definition) is 4. The van der Waals surface area contributed by atoms with Crippen LogP contribution in [0.3, 0.4) is 0 Å². The lowest BCUT2D eigenvalue weighted by Gasteiger charge is -2.42. The SMILES string of the molecule is CC1(C)N2Cc3ccccc3C[C@H]2C(=O)N1[C@@H](CCCN=C(N)N)C(=O)O. The first-order valence-corrected chi connectivity index (χ1v) is 9.18. The number of nitrogens with zero attached hydrogens (tertiary/aromatic N) is 3. The number of benzene rings is 1. The summed E-state index contributed by atoms with van der Waals surface area (Å²) >= 11 is 0. The minimum atomic E-state index is -1.00. The van der Waals surface area contributed by atoms with Crippen LogP contribution >= 0.6 is 0 Å². The summed E-state index contributed by atoms with van der Waals surface area (Å²) in [6.07, 6.45) is 1.39. The molecule has 0 saturated carbocycles. The van der Waals surface area contributed by atoms with Crippen molar-refractivity contribution in [1.82, 2.24) is 9.80 Å². The number of carboxylic acid groups (broad SMARTS) is 1. The molecule has 0 radical (unpaired) electrons. The molecule has 5 N–H and O–H groups in total. The standard InChI is InChI=1S/C19H27N5O3/c1-19(2)23-11-13-7-4-3-6-12(13)10-15(23)16(25)24(19)14(17(26)27)8-5-9-22-18(20)21/h3-4,6-7,14-15H,5,8-11H2,1-2H3,(H,26,27)(H4,20,21,22)/t14-,15-/m0/s1. The van der Waals surface area contributed by atoms with Gasteiger partial charge in [-0.1, -0.05) is 24.3 Å². The van der Waals surface area contributed by atoms with Gasteiger partial charge in [0.2, 0.25) is 5.91 Å². The second kappa shape index (κ2) is 7.19. The molecule has 0 aromatic heterocycles. The van der Waals surface area contributed by atoms with Crippen molar-refractivity contribution in [3.8, 4) is 0 Å². The van der Waals surface area contributed by atoms with E-state index in [2.05, 4.69) is 16.0 Å². The number of nitrogens with two attached hydrogens (primary N) is 2. The van der Waals surface area contributed by atoms with Gasteiger partial charge in [0.25, 0.3) is 0 Å². The lowest BCUT2D eigenvalue weighted by Crippen LogP contribution is -2.56. The van der Waals surface area contributed by atoms with E-state index in [1.54, 1.807) is 4.90 Å².